The summed E-state index contributed by atoms with van der Waals surface area (Å²) in [5, 5.41) is 15.1. The highest BCUT2D eigenvalue weighted by molar-refractivity contribution is 5.14. The van der Waals surface area contributed by atoms with E-state index < -0.39 is 5.60 Å². The Morgan fingerprint density at radius 1 is 1.00 bits per heavy atom. The van der Waals surface area contributed by atoms with Crippen LogP contribution in [0.3, 0.4) is 0 Å². The van der Waals surface area contributed by atoms with Gasteiger partial charge in [-0.05, 0) is 91.4 Å². The SMILES string of the molecule is C[C@]12CCCC[C@@H]1CC[C@H]1[C@H]3CC[C@](O)(CN=[N+]=[N-])[C@@]3(C)CC[C@@H]12. The molecule has 4 rings (SSSR count). The molecule has 1 N–H and O–H groups in total. The van der Waals surface area contributed by atoms with Crippen LogP contribution in [-0.4, -0.2) is 17.3 Å². The molecular weight excluding hydrogens is 298 g/mol. The highest BCUT2D eigenvalue weighted by atomic mass is 16.3. The maximum Gasteiger partial charge on any atom is 0.0760 e. The second-order valence-corrected chi connectivity index (χ2v) is 9.82. The Hall–Kier alpha value is -0.730. The number of hydrogen-bond donors (Lipinski definition) is 1. The monoisotopic (exact) mass is 331 g/mol. The van der Waals surface area contributed by atoms with Gasteiger partial charge in [0, 0.05) is 4.91 Å². The zero-order valence-corrected chi connectivity index (χ0v) is 15.4. The fourth-order valence-corrected chi connectivity index (χ4v) is 7.81. The number of fused-ring (bicyclic) bond motifs is 5. The van der Waals surface area contributed by atoms with Crippen LogP contribution in [0, 0.1) is 34.5 Å². The van der Waals surface area contributed by atoms with Crippen molar-refractivity contribution in [2.45, 2.75) is 83.7 Å². The Bertz CT molecular complexity index is 559. The number of azide groups is 1. The van der Waals surface area contributed by atoms with E-state index in [-0.39, 0.29) is 12.0 Å². The molecule has 4 saturated carbocycles. The summed E-state index contributed by atoms with van der Waals surface area (Å²) in [4.78, 5) is 2.92. The minimum Gasteiger partial charge on any atom is -0.389 e. The second kappa shape index (κ2) is 5.64. The maximum absolute atomic E-state index is 11.3. The summed E-state index contributed by atoms with van der Waals surface area (Å²) in [6.45, 7) is 5.15. The maximum atomic E-state index is 11.3. The summed E-state index contributed by atoms with van der Waals surface area (Å²) in [6.07, 6.45) is 12.8. The van der Waals surface area contributed by atoms with Gasteiger partial charge in [0.25, 0.3) is 0 Å². The molecular formula is C20H33N3O. The third-order valence-corrected chi connectivity index (χ3v) is 9.30. The van der Waals surface area contributed by atoms with Crippen molar-refractivity contribution in [2.24, 2.45) is 39.6 Å². The van der Waals surface area contributed by atoms with E-state index in [9.17, 15) is 5.11 Å². The summed E-state index contributed by atoms with van der Waals surface area (Å²) >= 11 is 0. The lowest BCUT2D eigenvalue weighted by molar-refractivity contribution is -0.147. The van der Waals surface area contributed by atoms with Crippen molar-refractivity contribution in [3.8, 4) is 0 Å². The molecule has 134 valence electrons. The molecule has 4 aliphatic rings. The molecule has 4 fully saturated rings. The fourth-order valence-electron chi connectivity index (χ4n) is 7.81. The van der Waals surface area contributed by atoms with Gasteiger partial charge in [-0.1, -0.05) is 31.8 Å². The van der Waals surface area contributed by atoms with Crippen LogP contribution in [0.4, 0.5) is 0 Å². The van der Waals surface area contributed by atoms with Gasteiger partial charge in [-0.15, -0.1) is 0 Å². The molecule has 0 amide bonds. The molecule has 24 heavy (non-hydrogen) atoms. The van der Waals surface area contributed by atoms with E-state index >= 15 is 0 Å². The topological polar surface area (TPSA) is 69.0 Å². The molecule has 0 bridgehead atoms. The van der Waals surface area contributed by atoms with E-state index in [1.54, 1.807) is 0 Å². The zero-order chi connectivity index (χ0) is 17.0. The predicted molar refractivity (Wildman–Crippen MR) is 95.3 cm³/mol. The van der Waals surface area contributed by atoms with Crippen molar-refractivity contribution in [2.75, 3.05) is 6.54 Å². The smallest absolute Gasteiger partial charge is 0.0760 e. The third kappa shape index (κ3) is 2.12. The highest BCUT2D eigenvalue weighted by Gasteiger charge is 2.63. The normalized spacial score (nSPS) is 53.5. The van der Waals surface area contributed by atoms with Gasteiger partial charge >= 0.3 is 0 Å². The van der Waals surface area contributed by atoms with E-state index in [2.05, 4.69) is 23.9 Å². The molecule has 4 aliphatic carbocycles. The lowest BCUT2D eigenvalue weighted by Gasteiger charge is -2.61. The van der Waals surface area contributed by atoms with Crippen molar-refractivity contribution in [3.63, 3.8) is 0 Å². The predicted octanol–water partition coefficient (Wildman–Crippen LogP) is 5.46. The van der Waals surface area contributed by atoms with Gasteiger partial charge in [0.1, 0.15) is 0 Å². The van der Waals surface area contributed by atoms with Gasteiger partial charge in [-0.2, -0.15) is 0 Å². The van der Waals surface area contributed by atoms with E-state index in [1.165, 1.54) is 44.9 Å². The second-order valence-electron chi connectivity index (χ2n) is 9.82. The first-order valence-electron chi connectivity index (χ1n) is 10.2. The van der Waals surface area contributed by atoms with Gasteiger partial charge in [0.05, 0.1) is 12.1 Å². The van der Waals surface area contributed by atoms with Crippen molar-refractivity contribution >= 4 is 0 Å². The fraction of sp³-hybridized carbons (Fsp3) is 1.00. The molecule has 0 heterocycles. The van der Waals surface area contributed by atoms with E-state index in [0.717, 1.165) is 37.0 Å². The molecule has 7 atom stereocenters. The first-order valence-corrected chi connectivity index (χ1v) is 10.2. The summed E-state index contributed by atoms with van der Waals surface area (Å²) in [7, 11) is 0. The Balaban J connectivity index is 1.62. The quantitative estimate of drug-likeness (QED) is 0.407. The molecule has 4 heteroatoms. The lowest BCUT2D eigenvalue weighted by atomic mass is 9.44. The number of rotatable bonds is 2. The molecule has 0 radical (unpaired) electrons. The van der Waals surface area contributed by atoms with Crippen LogP contribution in [0.2, 0.25) is 0 Å². The van der Waals surface area contributed by atoms with Crippen molar-refractivity contribution < 1.29 is 5.11 Å². The average Bonchev–Trinajstić information content (AvgIpc) is 2.84. The standard InChI is InChI=1S/C20H33N3O/c1-18-10-4-3-5-14(18)6-7-15-16(18)8-11-19(2)17(15)9-12-20(19,24)13-22-23-21/h14-17,24H,3-13H2,1-2H3/t14-,15-,16+,17-,18+,19+,20+/m1/s1. The largest absolute Gasteiger partial charge is 0.389 e. The average molecular weight is 332 g/mol. The minimum atomic E-state index is -0.779. The third-order valence-electron chi connectivity index (χ3n) is 9.30. The van der Waals surface area contributed by atoms with Gasteiger partial charge in [0.15, 0.2) is 0 Å². The molecule has 0 saturated heterocycles. The van der Waals surface area contributed by atoms with E-state index in [4.69, 9.17) is 5.53 Å². The Morgan fingerprint density at radius 3 is 2.58 bits per heavy atom. The van der Waals surface area contributed by atoms with Crippen LogP contribution in [0.1, 0.15) is 78.1 Å². The van der Waals surface area contributed by atoms with Crippen LogP contribution in [0.25, 0.3) is 10.4 Å². The van der Waals surface area contributed by atoms with Gasteiger partial charge in [0.2, 0.25) is 0 Å². The van der Waals surface area contributed by atoms with Crippen molar-refractivity contribution in [1.29, 1.82) is 0 Å². The Labute approximate surface area is 146 Å². The summed E-state index contributed by atoms with van der Waals surface area (Å²) in [5.41, 5.74) is 8.43. The summed E-state index contributed by atoms with van der Waals surface area (Å²) in [5.74, 6) is 3.20. The van der Waals surface area contributed by atoms with Crippen LogP contribution < -0.4 is 0 Å². The first kappa shape index (κ1) is 16.7. The lowest BCUT2D eigenvalue weighted by Crippen LogP contribution is -2.56. The zero-order valence-electron chi connectivity index (χ0n) is 15.4. The summed E-state index contributed by atoms with van der Waals surface area (Å²) < 4.78 is 0. The van der Waals surface area contributed by atoms with Crippen molar-refractivity contribution in [3.05, 3.63) is 10.4 Å². The van der Waals surface area contributed by atoms with Crippen molar-refractivity contribution in [1.82, 2.24) is 0 Å². The number of aliphatic hydroxyl groups is 1. The Kier molecular flexibility index (Phi) is 3.93. The minimum absolute atomic E-state index is 0.0553. The van der Waals surface area contributed by atoms with Gasteiger partial charge < -0.3 is 5.11 Å². The van der Waals surface area contributed by atoms with E-state index in [1.807, 2.05) is 0 Å². The van der Waals surface area contributed by atoms with E-state index in [0.29, 0.717) is 11.3 Å². The molecule has 0 aromatic carbocycles. The van der Waals surface area contributed by atoms with Crippen LogP contribution in [0.5, 0.6) is 0 Å². The molecule has 0 aromatic rings. The Morgan fingerprint density at radius 2 is 1.79 bits per heavy atom. The number of hydrogen-bond acceptors (Lipinski definition) is 2. The van der Waals surface area contributed by atoms with Crippen LogP contribution >= 0.6 is 0 Å². The summed E-state index contributed by atoms with van der Waals surface area (Å²) in [6, 6.07) is 0. The molecule has 0 spiro atoms. The molecule has 0 aliphatic heterocycles. The van der Waals surface area contributed by atoms with Gasteiger partial charge in [-0.25, -0.2) is 0 Å². The molecule has 0 unspecified atom stereocenters. The molecule has 0 aromatic heterocycles. The number of nitrogens with zero attached hydrogens (tertiary/aromatic N) is 3. The molecule has 4 nitrogen and oxygen atoms in total. The van der Waals surface area contributed by atoms with Crippen LogP contribution in [0.15, 0.2) is 5.11 Å². The van der Waals surface area contributed by atoms with Gasteiger partial charge in [-0.3, -0.25) is 0 Å². The first-order chi connectivity index (χ1) is 11.4. The highest BCUT2D eigenvalue weighted by Crippen LogP contribution is 2.68. The van der Waals surface area contributed by atoms with Crippen LogP contribution in [-0.2, 0) is 0 Å².